The molecule has 0 atom stereocenters. The molecule has 0 N–H and O–H groups in total. The average molecular weight is 377 g/mol. The lowest BCUT2D eigenvalue weighted by Gasteiger charge is -1.93. The first kappa shape index (κ1) is 36.8. The standard InChI is InChI=1S/C6H14BF.C6H14.C5H12.C4H10.C3H8/c1-3-4-5-6-7(2)8;1-3-5-6-4-2;1-3-5-4-2;1-3-4-2;1-3-2/h3-6H2,1-2H3;3-6H2,1-2H3;3-5H2,1-2H3;3-4H2,1-2H3;3H2,1-2H3. The molecule has 0 aromatic heterocycles. The van der Waals surface area contributed by atoms with E-state index in [0.717, 1.165) is 12.7 Å². The van der Waals surface area contributed by atoms with Crippen LogP contribution in [0.4, 0.5) is 4.32 Å². The maximum absolute atomic E-state index is 12.0. The summed E-state index contributed by atoms with van der Waals surface area (Å²) >= 11 is 0. The molecule has 0 radical (unpaired) electrons. The van der Waals surface area contributed by atoms with Gasteiger partial charge >= 0.3 is 6.99 Å². The van der Waals surface area contributed by atoms with Crippen LogP contribution in [0.25, 0.3) is 0 Å². The van der Waals surface area contributed by atoms with Crippen molar-refractivity contribution >= 4 is 6.99 Å². The predicted molar refractivity (Wildman–Crippen MR) is 129 cm³/mol. The lowest BCUT2D eigenvalue weighted by Crippen LogP contribution is -1.95. The summed E-state index contributed by atoms with van der Waals surface area (Å²) in [4.78, 5) is 0. The predicted octanol–water partition coefficient (Wildman–Crippen LogP) is 10.8. The van der Waals surface area contributed by atoms with Crippen molar-refractivity contribution in [3.05, 3.63) is 0 Å². The second-order valence-electron chi connectivity index (χ2n) is 7.04. The molecule has 0 saturated heterocycles. The molecule has 0 unspecified atom stereocenters. The van der Waals surface area contributed by atoms with Crippen LogP contribution in [0, 0.1) is 0 Å². The Balaban J connectivity index is -0.0000000737. The van der Waals surface area contributed by atoms with E-state index in [-0.39, 0.29) is 0 Å². The molecule has 0 aromatic carbocycles. The van der Waals surface area contributed by atoms with Crippen LogP contribution in [0.2, 0.25) is 13.1 Å². The van der Waals surface area contributed by atoms with Gasteiger partial charge in [-0.1, -0.05) is 153 Å². The topological polar surface area (TPSA) is 0 Å². The molecule has 0 amide bonds. The Labute approximate surface area is 170 Å². The maximum Gasteiger partial charge on any atom is 0.345 e. The van der Waals surface area contributed by atoms with Crippen LogP contribution in [0.3, 0.4) is 0 Å². The molecule has 2 heteroatoms. The van der Waals surface area contributed by atoms with Crippen LogP contribution >= 0.6 is 0 Å². The van der Waals surface area contributed by atoms with Gasteiger partial charge < -0.3 is 4.32 Å². The molecule has 0 bridgehead atoms. The molecule has 0 heterocycles. The molecule has 164 valence electrons. The third kappa shape index (κ3) is 105. The summed E-state index contributed by atoms with van der Waals surface area (Å²) in [6.45, 7) is 20.7. The van der Waals surface area contributed by atoms with E-state index in [2.05, 4.69) is 62.3 Å². The first-order valence-electron chi connectivity index (χ1n) is 12.1. The van der Waals surface area contributed by atoms with E-state index in [1.54, 1.807) is 6.82 Å². The first-order valence-corrected chi connectivity index (χ1v) is 12.1. The van der Waals surface area contributed by atoms with Gasteiger partial charge in [0.2, 0.25) is 0 Å². The molecule has 0 nitrogen and oxygen atoms in total. The molecule has 0 aromatic rings. The average Bonchev–Trinajstić information content (AvgIpc) is 2.62. The van der Waals surface area contributed by atoms with Gasteiger partial charge in [-0.05, 0) is 6.32 Å². The Hall–Kier alpha value is -0.00506. The normalized spacial score (nSPS) is 8.42. The highest BCUT2D eigenvalue weighted by Gasteiger charge is 2.01. The Bertz CT molecular complexity index is 141. The van der Waals surface area contributed by atoms with Gasteiger partial charge in [0.1, 0.15) is 0 Å². The van der Waals surface area contributed by atoms with Crippen molar-refractivity contribution in [3.63, 3.8) is 0 Å². The van der Waals surface area contributed by atoms with E-state index < -0.39 is 6.99 Å². The second kappa shape index (κ2) is 49.8. The SMILES string of the molecule is CCC.CCCC.CCCCC.CCCCCB(C)F.CCCCCC. The van der Waals surface area contributed by atoms with Crippen LogP contribution in [-0.4, -0.2) is 6.99 Å². The van der Waals surface area contributed by atoms with Crippen LogP contribution in [0.15, 0.2) is 0 Å². The smallest absolute Gasteiger partial charge is 0.337 e. The molecule has 0 spiro atoms. The summed E-state index contributed by atoms with van der Waals surface area (Å²) in [6.07, 6.45) is 17.7. The van der Waals surface area contributed by atoms with Crippen molar-refractivity contribution in [1.29, 1.82) is 0 Å². The fourth-order valence-corrected chi connectivity index (χ4v) is 1.53. The summed E-state index contributed by atoms with van der Waals surface area (Å²) in [5.41, 5.74) is 0. The monoisotopic (exact) mass is 376 g/mol. The van der Waals surface area contributed by atoms with Crippen LogP contribution < -0.4 is 0 Å². The Morgan fingerprint density at radius 1 is 0.462 bits per heavy atom. The van der Waals surface area contributed by atoms with Crippen LogP contribution in [0.5, 0.6) is 0 Å². The highest BCUT2D eigenvalue weighted by Crippen LogP contribution is 2.03. The van der Waals surface area contributed by atoms with Crippen molar-refractivity contribution in [2.45, 2.75) is 159 Å². The van der Waals surface area contributed by atoms with Crippen molar-refractivity contribution in [2.24, 2.45) is 0 Å². The number of halogens is 1. The number of rotatable bonds is 10. The van der Waals surface area contributed by atoms with E-state index >= 15 is 0 Å². The zero-order chi connectivity index (χ0) is 21.5. The molecule has 0 rings (SSSR count). The van der Waals surface area contributed by atoms with Crippen molar-refractivity contribution in [1.82, 2.24) is 0 Å². The largest absolute Gasteiger partial charge is 0.345 e. The van der Waals surface area contributed by atoms with Crippen molar-refractivity contribution in [3.8, 4) is 0 Å². The molecule has 0 saturated carbocycles. The van der Waals surface area contributed by atoms with E-state index in [9.17, 15) is 4.32 Å². The lowest BCUT2D eigenvalue weighted by atomic mass is 9.70. The van der Waals surface area contributed by atoms with Crippen molar-refractivity contribution in [2.75, 3.05) is 0 Å². The Kier molecular flexibility index (Phi) is 70.6. The van der Waals surface area contributed by atoms with E-state index in [4.69, 9.17) is 0 Å². The van der Waals surface area contributed by atoms with Gasteiger partial charge in [-0.3, -0.25) is 0 Å². The summed E-state index contributed by atoms with van der Waals surface area (Å²) in [7, 11) is 0. The van der Waals surface area contributed by atoms with Gasteiger partial charge in [0.25, 0.3) is 0 Å². The highest BCUT2D eigenvalue weighted by molar-refractivity contribution is 6.49. The summed E-state index contributed by atoms with van der Waals surface area (Å²) in [5.74, 6) is 0. The summed E-state index contributed by atoms with van der Waals surface area (Å²) in [6, 6.07) is 0. The van der Waals surface area contributed by atoms with E-state index in [1.807, 2.05) is 0 Å². The van der Waals surface area contributed by atoms with Gasteiger partial charge in [-0.15, -0.1) is 0 Å². The fraction of sp³-hybridized carbons (Fsp3) is 1.00. The summed E-state index contributed by atoms with van der Waals surface area (Å²) in [5, 5.41) is 0. The molecular formula is C24H58BF. The second-order valence-corrected chi connectivity index (χ2v) is 7.04. The number of hydrogen-bond donors (Lipinski definition) is 0. The number of unbranched alkanes of at least 4 members (excludes halogenated alkanes) is 8. The van der Waals surface area contributed by atoms with Gasteiger partial charge in [0.15, 0.2) is 0 Å². The third-order valence-electron chi connectivity index (χ3n) is 3.37. The van der Waals surface area contributed by atoms with Crippen molar-refractivity contribution < 1.29 is 4.32 Å². The van der Waals surface area contributed by atoms with Gasteiger partial charge in [0, 0.05) is 0 Å². The lowest BCUT2D eigenvalue weighted by molar-refractivity contribution is 0.702. The minimum absolute atomic E-state index is 0.596. The third-order valence-corrected chi connectivity index (χ3v) is 3.37. The summed E-state index contributed by atoms with van der Waals surface area (Å²) < 4.78 is 12.0. The number of hydrogen-bond acceptors (Lipinski definition) is 0. The molecular weight excluding hydrogens is 318 g/mol. The zero-order valence-electron chi connectivity index (χ0n) is 20.9. The maximum atomic E-state index is 12.0. The highest BCUT2D eigenvalue weighted by atomic mass is 19.1. The molecule has 0 aliphatic rings. The Morgan fingerprint density at radius 3 is 0.885 bits per heavy atom. The molecule has 0 aliphatic carbocycles. The van der Waals surface area contributed by atoms with Gasteiger partial charge in [-0.2, -0.15) is 0 Å². The zero-order valence-corrected chi connectivity index (χ0v) is 20.9. The van der Waals surface area contributed by atoms with Gasteiger partial charge in [-0.25, -0.2) is 0 Å². The quantitative estimate of drug-likeness (QED) is 0.263. The van der Waals surface area contributed by atoms with E-state index in [0.29, 0.717) is 0 Å². The molecule has 0 fully saturated rings. The molecule has 26 heavy (non-hydrogen) atoms. The fourth-order valence-electron chi connectivity index (χ4n) is 1.53. The Morgan fingerprint density at radius 2 is 0.731 bits per heavy atom. The van der Waals surface area contributed by atoms with Crippen LogP contribution in [-0.2, 0) is 0 Å². The van der Waals surface area contributed by atoms with Gasteiger partial charge in [0.05, 0.1) is 0 Å². The minimum Gasteiger partial charge on any atom is -0.337 e. The van der Waals surface area contributed by atoms with E-state index in [1.165, 1.54) is 77.0 Å². The minimum atomic E-state index is -0.596. The molecule has 0 aliphatic heterocycles. The van der Waals surface area contributed by atoms with Crippen LogP contribution in [0.1, 0.15) is 146 Å². The first-order chi connectivity index (χ1) is 12.4.